The number of carbonyl (C=O) groups is 2. The molecule has 1 amide bonds. The molecule has 0 radical (unpaired) electrons. The number of nitrogens with zero attached hydrogens (tertiary/aromatic N) is 1. The second kappa shape index (κ2) is 8.84. The number of hydrogen-bond donors (Lipinski definition) is 1. The average molecular weight is 364 g/mol. The Morgan fingerprint density at radius 3 is 2.62 bits per heavy atom. The first-order chi connectivity index (χ1) is 11.5. The smallest absolute Gasteiger partial charge is 0.350 e. The number of aromatic nitrogens is 1. The van der Waals surface area contributed by atoms with Gasteiger partial charge in [-0.3, -0.25) is 4.79 Å². The van der Waals surface area contributed by atoms with Crippen LogP contribution in [0.25, 0.3) is 11.3 Å². The van der Waals surface area contributed by atoms with Gasteiger partial charge in [-0.1, -0.05) is 55.5 Å². The maximum absolute atomic E-state index is 12.2. The average Bonchev–Trinajstić information content (AvgIpc) is 2.98. The van der Waals surface area contributed by atoms with Crippen molar-refractivity contribution >= 4 is 40.1 Å². The molecule has 24 heavy (non-hydrogen) atoms. The minimum Gasteiger partial charge on any atom is -0.462 e. The topological polar surface area (TPSA) is 68.3 Å². The van der Waals surface area contributed by atoms with Gasteiger partial charge in [0.05, 0.1) is 18.1 Å². The van der Waals surface area contributed by atoms with Crippen molar-refractivity contribution < 1.29 is 14.3 Å². The summed E-state index contributed by atoms with van der Waals surface area (Å²) in [6, 6.07) is 9.39. The van der Waals surface area contributed by atoms with Crippen LogP contribution in [0, 0.1) is 0 Å². The monoisotopic (exact) mass is 364 g/mol. The van der Waals surface area contributed by atoms with E-state index in [-0.39, 0.29) is 12.5 Å². The standard InChI is InChI=1S/C17H20N2O3S2/c1-4-22-16(21)15-14(12-8-6-5-7-9-12)19-17(24-15)18-13(20)10-23-11(2)3/h5-9,11H,4,10H2,1-3H3,(H,18,19,20). The third kappa shape index (κ3) is 5.07. The zero-order chi connectivity index (χ0) is 17.5. The lowest BCUT2D eigenvalue weighted by atomic mass is 10.1. The summed E-state index contributed by atoms with van der Waals surface area (Å²) in [7, 11) is 0. The number of rotatable bonds is 7. The van der Waals surface area contributed by atoms with E-state index in [2.05, 4.69) is 10.3 Å². The van der Waals surface area contributed by atoms with Crippen LogP contribution < -0.4 is 5.32 Å². The van der Waals surface area contributed by atoms with Crippen LogP contribution in [-0.2, 0) is 9.53 Å². The SMILES string of the molecule is CCOC(=O)c1sc(NC(=O)CSC(C)C)nc1-c1ccccc1. The van der Waals surface area contributed by atoms with Gasteiger partial charge in [0.1, 0.15) is 4.88 Å². The molecule has 1 aromatic heterocycles. The van der Waals surface area contributed by atoms with Crippen LogP contribution in [0.2, 0.25) is 0 Å². The van der Waals surface area contributed by atoms with Gasteiger partial charge in [0, 0.05) is 5.56 Å². The van der Waals surface area contributed by atoms with Gasteiger partial charge < -0.3 is 10.1 Å². The fourth-order valence-electron chi connectivity index (χ4n) is 1.90. The van der Waals surface area contributed by atoms with Crippen molar-refractivity contribution in [3.8, 4) is 11.3 Å². The highest BCUT2D eigenvalue weighted by atomic mass is 32.2. The van der Waals surface area contributed by atoms with E-state index in [0.717, 1.165) is 16.9 Å². The number of carbonyl (C=O) groups excluding carboxylic acids is 2. The van der Waals surface area contributed by atoms with Crippen molar-refractivity contribution in [2.45, 2.75) is 26.0 Å². The lowest BCUT2D eigenvalue weighted by Gasteiger charge is -2.03. The molecule has 7 heteroatoms. The minimum absolute atomic E-state index is 0.127. The van der Waals surface area contributed by atoms with Crippen molar-refractivity contribution in [1.82, 2.24) is 4.98 Å². The van der Waals surface area contributed by atoms with Crippen LogP contribution in [-0.4, -0.2) is 34.5 Å². The van der Waals surface area contributed by atoms with E-state index in [4.69, 9.17) is 4.74 Å². The maximum atomic E-state index is 12.2. The molecule has 5 nitrogen and oxygen atoms in total. The van der Waals surface area contributed by atoms with E-state index in [1.54, 1.807) is 18.7 Å². The molecule has 0 atom stereocenters. The zero-order valence-corrected chi connectivity index (χ0v) is 15.5. The first-order valence-electron chi connectivity index (χ1n) is 7.66. The summed E-state index contributed by atoms with van der Waals surface area (Å²) in [5.41, 5.74) is 1.35. The normalized spacial score (nSPS) is 10.7. The molecule has 1 N–H and O–H groups in total. The molecule has 0 aliphatic carbocycles. The van der Waals surface area contributed by atoms with Crippen molar-refractivity contribution in [2.24, 2.45) is 0 Å². The van der Waals surface area contributed by atoms with Crippen LogP contribution in [0.5, 0.6) is 0 Å². The minimum atomic E-state index is -0.425. The molecule has 0 aliphatic heterocycles. The summed E-state index contributed by atoms with van der Waals surface area (Å²) < 4.78 is 5.10. The Bertz CT molecular complexity index is 699. The Labute approximate surface area is 149 Å². The fourth-order valence-corrected chi connectivity index (χ4v) is 3.35. The highest BCUT2D eigenvalue weighted by molar-refractivity contribution is 8.00. The van der Waals surface area contributed by atoms with Gasteiger partial charge in [-0.2, -0.15) is 0 Å². The number of nitrogens with one attached hydrogen (secondary N) is 1. The number of esters is 1. The Kier molecular flexibility index (Phi) is 6.81. The van der Waals surface area contributed by atoms with Crippen LogP contribution in [0.1, 0.15) is 30.4 Å². The summed E-state index contributed by atoms with van der Waals surface area (Å²) >= 11 is 2.69. The van der Waals surface area contributed by atoms with Gasteiger partial charge in [0.2, 0.25) is 5.91 Å². The number of amides is 1. The molecular weight excluding hydrogens is 344 g/mol. The van der Waals surface area contributed by atoms with E-state index >= 15 is 0 Å². The molecule has 0 unspecified atom stereocenters. The van der Waals surface area contributed by atoms with E-state index in [1.807, 2.05) is 44.2 Å². The van der Waals surface area contributed by atoms with E-state index in [0.29, 0.717) is 26.7 Å². The molecule has 0 saturated carbocycles. The van der Waals surface area contributed by atoms with Crippen molar-refractivity contribution in [3.05, 3.63) is 35.2 Å². The third-order valence-corrected chi connectivity index (χ3v) is 4.98. The predicted octanol–water partition coefficient (Wildman–Crippen LogP) is 4.07. The molecule has 128 valence electrons. The number of ether oxygens (including phenoxy) is 1. The summed E-state index contributed by atoms with van der Waals surface area (Å²) in [6.07, 6.45) is 0. The molecule has 1 heterocycles. The molecule has 0 saturated heterocycles. The van der Waals surface area contributed by atoms with Crippen LogP contribution in [0.15, 0.2) is 30.3 Å². The Morgan fingerprint density at radius 1 is 1.29 bits per heavy atom. The van der Waals surface area contributed by atoms with Crippen LogP contribution >= 0.6 is 23.1 Å². The van der Waals surface area contributed by atoms with Gasteiger partial charge in [-0.15, -0.1) is 11.8 Å². The Balaban J connectivity index is 2.24. The molecule has 0 aliphatic rings. The fraction of sp³-hybridized carbons (Fsp3) is 0.353. The van der Waals surface area contributed by atoms with E-state index < -0.39 is 5.97 Å². The third-order valence-electron chi connectivity index (χ3n) is 2.93. The lowest BCUT2D eigenvalue weighted by Crippen LogP contribution is -2.15. The quantitative estimate of drug-likeness (QED) is 0.750. The first-order valence-corrected chi connectivity index (χ1v) is 9.52. The maximum Gasteiger partial charge on any atom is 0.350 e. The van der Waals surface area contributed by atoms with Gasteiger partial charge in [-0.25, -0.2) is 9.78 Å². The van der Waals surface area contributed by atoms with Gasteiger partial charge in [-0.05, 0) is 12.2 Å². The zero-order valence-electron chi connectivity index (χ0n) is 13.9. The Morgan fingerprint density at radius 2 is 2.00 bits per heavy atom. The summed E-state index contributed by atoms with van der Waals surface area (Å²) in [4.78, 5) is 29.0. The highest BCUT2D eigenvalue weighted by Crippen LogP contribution is 2.31. The number of benzene rings is 1. The van der Waals surface area contributed by atoms with Crippen LogP contribution in [0.4, 0.5) is 5.13 Å². The summed E-state index contributed by atoms with van der Waals surface area (Å²) in [6.45, 7) is 6.12. The van der Waals surface area contributed by atoms with Crippen molar-refractivity contribution in [1.29, 1.82) is 0 Å². The number of anilines is 1. The van der Waals surface area contributed by atoms with Crippen molar-refractivity contribution in [3.63, 3.8) is 0 Å². The molecule has 0 bridgehead atoms. The number of thiazole rings is 1. The van der Waals surface area contributed by atoms with Gasteiger partial charge >= 0.3 is 5.97 Å². The predicted molar refractivity (Wildman–Crippen MR) is 99.7 cm³/mol. The number of thioether (sulfide) groups is 1. The highest BCUT2D eigenvalue weighted by Gasteiger charge is 2.21. The Hall–Kier alpha value is -1.86. The van der Waals surface area contributed by atoms with Crippen LogP contribution in [0.3, 0.4) is 0 Å². The summed E-state index contributed by atoms with van der Waals surface area (Å²) in [5.74, 6) is -0.199. The molecule has 1 aromatic carbocycles. The molecule has 2 rings (SSSR count). The number of hydrogen-bond acceptors (Lipinski definition) is 6. The largest absolute Gasteiger partial charge is 0.462 e. The second-order valence-electron chi connectivity index (χ2n) is 5.19. The molecule has 2 aromatic rings. The van der Waals surface area contributed by atoms with Gasteiger partial charge in [0.15, 0.2) is 5.13 Å². The van der Waals surface area contributed by atoms with E-state index in [9.17, 15) is 9.59 Å². The van der Waals surface area contributed by atoms with E-state index in [1.165, 1.54) is 0 Å². The molecule has 0 fully saturated rings. The van der Waals surface area contributed by atoms with Gasteiger partial charge in [0.25, 0.3) is 0 Å². The van der Waals surface area contributed by atoms with Crippen molar-refractivity contribution in [2.75, 3.05) is 17.7 Å². The first kappa shape index (κ1) is 18.5. The summed E-state index contributed by atoms with van der Waals surface area (Å²) in [5, 5.41) is 3.55. The lowest BCUT2D eigenvalue weighted by molar-refractivity contribution is -0.113. The second-order valence-corrected chi connectivity index (χ2v) is 7.76. The molecular formula is C17H20N2O3S2. The molecule has 0 spiro atoms.